The summed E-state index contributed by atoms with van der Waals surface area (Å²) in [5.41, 5.74) is -0.203. The third kappa shape index (κ3) is 3.95. The van der Waals surface area contributed by atoms with Gasteiger partial charge in [-0.1, -0.05) is 25.7 Å². The molecule has 1 aromatic carbocycles. The van der Waals surface area contributed by atoms with Crippen LogP contribution in [0.25, 0.3) is 0 Å². The average Bonchev–Trinajstić information content (AvgIpc) is 2.74. The molecule has 0 aromatic heterocycles. The van der Waals surface area contributed by atoms with Crippen LogP contribution in [0.3, 0.4) is 0 Å². The summed E-state index contributed by atoms with van der Waals surface area (Å²) in [6.07, 6.45) is 5.89. The average molecular weight is 328 g/mol. The maximum Gasteiger partial charge on any atom is 0.273 e. The van der Waals surface area contributed by atoms with Crippen molar-refractivity contribution in [3.63, 3.8) is 0 Å². The summed E-state index contributed by atoms with van der Waals surface area (Å²) in [7, 11) is -2.46. The Kier molecular flexibility index (Phi) is 5.36. The number of hydrogen-bond donors (Lipinski definition) is 1. The van der Waals surface area contributed by atoms with Gasteiger partial charge in [-0.2, -0.15) is 0 Å². The van der Waals surface area contributed by atoms with Gasteiger partial charge in [0.05, 0.1) is 18.1 Å². The predicted octanol–water partition coefficient (Wildman–Crippen LogP) is 2.60. The maximum atomic E-state index is 12.5. The van der Waals surface area contributed by atoms with Crippen molar-refractivity contribution in [2.75, 3.05) is 7.11 Å². The van der Waals surface area contributed by atoms with Crippen LogP contribution < -0.4 is 9.46 Å². The number of benzene rings is 1. The van der Waals surface area contributed by atoms with Crippen molar-refractivity contribution < 1.29 is 18.1 Å². The van der Waals surface area contributed by atoms with Crippen molar-refractivity contribution in [1.29, 1.82) is 0 Å². The Labute approximate surface area is 129 Å². The molecule has 1 aromatic rings. The first-order valence-electron chi connectivity index (χ1n) is 7.29. The zero-order chi connectivity index (χ0) is 16.2. The molecule has 0 atom stereocenters. The lowest BCUT2D eigenvalue weighted by Crippen LogP contribution is -2.34. The Morgan fingerprint density at radius 1 is 1.23 bits per heavy atom. The van der Waals surface area contributed by atoms with Gasteiger partial charge in [0.15, 0.2) is 0 Å². The second kappa shape index (κ2) is 7.06. The first-order valence-corrected chi connectivity index (χ1v) is 8.77. The van der Waals surface area contributed by atoms with Gasteiger partial charge >= 0.3 is 0 Å². The number of nitro groups is 1. The second-order valence-electron chi connectivity index (χ2n) is 5.40. The lowest BCUT2D eigenvalue weighted by atomic mass is 10.1. The van der Waals surface area contributed by atoms with Crippen molar-refractivity contribution in [3.8, 4) is 5.75 Å². The van der Waals surface area contributed by atoms with E-state index in [2.05, 4.69) is 4.72 Å². The standard InChI is InChI=1S/C14H20N2O5S/c1-21-13-10-12(16(17)18)8-9-14(13)22(19,20)15-11-6-4-2-3-5-7-11/h8-11,15H,2-7H2,1H3. The number of nitrogens with one attached hydrogen (secondary N) is 1. The second-order valence-corrected chi connectivity index (χ2v) is 7.08. The zero-order valence-electron chi connectivity index (χ0n) is 12.4. The molecule has 1 aliphatic carbocycles. The van der Waals surface area contributed by atoms with Crippen LogP contribution in [0.1, 0.15) is 38.5 Å². The lowest BCUT2D eigenvalue weighted by molar-refractivity contribution is -0.385. The summed E-state index contributed by atoms with van der Waals surface area (Å²) >= 11 is 0. The monoisotopic (exact) mass is 328 g/mol. The first-order chi connectivity index (χ1) is 10.4. The molecule has 1 fully saturated rings. The van der Waals surface area contributed by atoms with E-state index < -0.39 is 14.9 Å². The van der Waals surface area contributed by atoms with Gasteiger partial charge in [0, 0.05) is 12.1 Å². The van der Waals surface area contributed by atoms with Gasteiger partial charge in [-0.05, 0) is 18.9 Å². The van der Waals surface area contributed by atoms with Crippen LogP contribution in [0, 0.1) is 10.1 Å². The van der Waals surface area contributed by atoms with E-state index in [1.165, 1.54) is 19.2 Å². The minimum absolute atomic E-state index is 0.0182. The smallest absolute Gasteiger partial charge is 0.273 e. The van der Waals surface area contributed by atoms with Crippen molar-refractivity contribution >= 4 is 15.7 Å². The molecule has 0 aliphatic heterocycles. The van der Waals surface area contributed by atoms with Crippen LogP contribution in [0.4, 0.5) is 5.69 Å². The van der Waals surface area contributed by atoms with Gasteiger partial charge in [-0.15, -0.1) is 0 Å². The Morgan fingerprint density at radius 3 is 2.41 bits per heavy atom. The normalized spacial score (nSPS) is 17.0. The number of hydrogen-bond acceptors (Lipinski definition) is 5. The molecule has 122 valence electrons. The molecule has 0 heterocycles. The predicted molar refractivity (Wildman–Crippen MR) is 81.5 cm³/mol. The van der Waals surface area contributed by atoms with E-state index in [1.54, 1.807) is 0 Å². The highest BCUT2D eigenvalue weighted by Crippen LogP contribution is 2.29. The highest BCUT2D eigenvalue weighted by Gasteiger charge is 2.25. The molecule has 1 saturated carbocycles. The van der Waals surface area contributed by atoms with Gasteiger partial charge < -0.3 is 4.74 Å². The number of sulfonamides is 1. The minimum Gasteiger partial charge on any atom is -0.495 e. The maximum absolute atomic E-state index is 12.5. The van der Waals surface area contributed by atoms with Crippen LogP contribution in [0.2, 0.25) is 0 Å². The van der Waals surface area contributed by atoms with Crippen molar-refractivity contribution in [2.24, 2.45) is 0 Å². The van der Waals surface area contributed by atoms with E-state index in [-0.39, 0.29) is 22.4 Å². The molecule has 0 bridgehead atoms. The first kappa shape index (κ1) is 16.7. The molecule has 7 nitrogen and oxygen atoms in total. The number of rotatable bonds is 5. The quantitative estimate of drug-likeness (QED) is 0.509. The van der Waals surface area contributed by atoms with Crippen molar-refractivity contribution in [3.05, 3.63) is 28.3 Å². The summed E-state index contributed by atoms with van der Waals surface area (Å²) < 4.78 is 32.7. The van der Waals surface area contributed by atoms with Gasteiger partial charge in [0.1, 0.15) is 10.6 Å². The van der Waals surface area contributed by atoms with Crippen LogP contribution in [0.15, 0.2) is 23.1 Å². The molecule has 0 spiro atoms. The van der Waals surface area contributed by atoms with Crippen LogP contribution in [-0.2, 0) is 10.0 Å². The van der Waals surface area contributed by atoms with E-state index in [4.69, 9.17) is 4.74 Å². The third-order valence-corrected chi connectivity index (χ3v) is 5.38. The Balaban J connectivity index is 2.26. The van der Waals surface area contributed by atoms with E-state index in [1.807, 2.05) is 0 Å². The van der Waals surface area contributed by atoms with Crippen LogP contribution >= 0.6 is 0 Å². The number of nitro benzene ring substituents is 1. The Morgan fingerprint density at radius 2 is 1.86 bits per heavy atom. The van der Waals surface area contributed by atoms with Gasteiger partial charge in [-0.25, -0.2) is 13.1 Å². The molecule has 1 aliphatic rings. The number of nitrogens with zero attached hydrogens (tertiary/aromatic N) is 1. The summed E-state index contributed by atoms with van der Waals surface area (Å²) in [6, 6.07) is 3.43. The molecule has 2 rings (SSSR count). The lowest BCUT2D eigenvalue weighted by Gasteiger charge is -2.17. The molecular formula is C14H20N2O5S. The molecule has 1 N–H and O–H groups in total. The molecule has 0 radical (unpaired) electrons. The topological polar surface area (TPSA) is 98.5 Å². The molecule has 22 heavy (non-hydrogen) atoms. The fourth-order valence-electron chi connectivity index (χ4n) is 2.67. The van der Waals surface area contributed by atoms with E-state index in [9.17, 15) is 18.5 Å². The molecule has 0 saturated heterocycles. The largest absolute Gasteiger partial charge is 0.495 e. The van der Waals surface area contributed by atoms with E-state index >= 15 is 0 Å². The van der Waals surface area contributed by atoms with E-state index in [0.29, 0.717) is 0 Å². The van der Waals surface area contributed by atoms with Crippen molar-refractivity contribution in [2.45, 2.75) is 49.5 Å². The third-order valence-electron chi connectivity index (χ3n) is 3.82. The minimum atomic E-state index is -3.76. The van der Waals surface area contributed by atoms with Crippen LogP contribution in [-0.4, -0.2) is 26.5 Å². The number of methoxy groups -OCH3 is 1. The molecule has 0 amide bonds. The summed E-state index contributed by atoms with van der Waals surface area (Å²) in [5.74, 6) is -0.0182. The van der Waals surface area contributed by atoms with Gasteiger partial charge in [-0.3, -0.25) is 10.1 Å². The van der Waals surface area contributed by atoms with Gasteiger partial charge in [0.25, 0.3) is 5.69 Å². The Bertz CT molecular complexity index is 637. The summed E-state index contributed by atoms with van der Waals surface area (Å²) in [5, 5.41) is 10.8. The van der Waals surface area contributed by atoms with Crippen molar-refractivity contribution in [1.82, 2.24) is 4.72 Å². The highest BCUT2D eigenvalue weighted by molar-refractivity contribution is 7.89. The fourth-order valence-corrected chi connectivity index (χ4v) is 4.13. The number of ether oxygens (including phenoxy) is 1. The Hall–Kier alpha value is -1.67. The summed E-state index contributed by atoms with van der Waals surface area (Å²) in [4.78, 5) is 10.1. The van der Waals surface area contributed by atoms with Crippen LogP contribution in [0.5, 0.6) is 5.75 Å². The highest BCUT2D eigenvalue weighted by atomic mass is 32.2. The molecule has 0 unspecified atom stereocenters. The van der Waals surface area contributed by atoms with Gasteiger partial charge in [0.2, 0.25) is 10.0 Å². The fraction of sp³-hybridized carbons (Fsp3) is 0.571. The van der Waals surface area contributed by atoms with E-state index in [0.717, 1.165) is 44.6 Å². The molecular weight excluding hydrogens is 308 g/mol. The number of non-ortho nitro benzene ring substituents is 1. The summed E-state index contributed by atoms with van der Waals surface area (Å²) in [6.45, 7) is 0. The SMILES string of the molecule is COc1cc([N+](=O)[O-])ccc1S(=O)(=O)NC1CCCCCC1. The zero-order valence-corrected chi connectivity index (χ0v) is 13.3. The molecule has 8 heteroatoms.